The van der Waals surface area contributed by atoms with Gasteiger partial charge in [-0.3, -0.25) is 9.69 Å². The summed E-state index contributed by atoms with van der Waals surface area (Å²) in [5, 5.41) is 0. The molecule has 112 valence electrons. The first-order valence-corrected chi connectivity index (χ1v) is 6.72. The van der Waals surface area contributed by atoms with Crippen molar-refractivity contribution < 1.29 is 22.7 Å². The lowest BCUT2D eigenvalue weighted by atomic mass is 10.1. The Morgan fingerprint density at radius 3 is 2.50 bits per heavy atom. The first-order valence-electron chi connectivity index (χ1n) is 5.92. The Balaban J connectivity index is 2.77. The van der Waals surface area contributed by atoms with Crippen molar-refractivity contribution in [3.05, 3.63) is 28.2 Å². The van der Waals surface area contributed by atoms with Crippen LogP contribution in [0.25, 0.3) is 0 Å². The van der Waals surface area contributed by atoms with Crippen LogP contribution in [0.3, 0.4) is 0 Å². The first kappa shape index (κ1) is 17.0. The number of hydrogen-bond acceptors (Lipinski definition) is 3. The molecule has 0 N–H and O–H groups in total. The Labute approximate surface area is 123 Å². The molecule has 0 radical (unpaired) electrons. The van der Waals surface area contributed by atoms with E-state index in [-0.39, 0.29) is 18.9 Å². The number of carbonyl (C=O) groups is 1. The second-order valence-corrected chi connectivity index (χ2v) is 5.05. The van der Waals surface area contributed by atoms with E-state index in [4.69, 9.17) is 4.74 Å². The van der Waals surface area contributed by atoms with E-state index in [1.165, 1.54) is 13.2 Å². The number of Topliss-reactive ketones (excluding diaryl/α,β-unsaturated/α-hetero) is 1. The van der Waals surface area contributed by atoms with Crippen LogP contribution in [0.4, 0.5) is 13.2 Å². The molecule has 0 saturated carbocycles. The van der Waals surface area contributed by atoms with Crippen LogP contribution in [0.2, 0.25) is 0 Å². The third kappa shape index (κ3) is 5.13. The second kappa shape index (κ2) is 7.08. The van der Waals surface area contributed by atoms with Crippen molar-refractivity contribution in [3.63, 3.8) is 0 Å². The van der Waals surface area contributed by atoms with Crippen LogP contribution in [0.15, 0.2) is 22.7 Å². The van der Waals surface area contributed by atoms with E-state index < -0.39 is 12.7 Å². The molecule has 0 amide bonds. The van der Waals surface area contributed by atoms with Crippen LogP contribution in [0.5, 0.6) is 5.75 Å². The monoisotopic (exact) mass is 353 g/mol. The molecule has 0 saturated heterocycles. The quantitative estimate of drug-likeness (QED) is 0.732. The number of alkyl halides is 3. The highest BCUT2D eigenvalue weighted by molar-refractivity contribution is 9.10. The molecule has 1 aromatic carbocycles. The lowest BCUT2D eigenvalue weighted by molar-refractivity contribution is -0.144. The Bertz CT molecular complexity index is 477. The Morgan fingerprint density at radius 1 is 1.40 bits per heavy atom. The molecule has 0 unspecified atom stereocenters. The van der Waals surface area contributed by atoms with Crippen molar-refractivity contribution in [1.82, 2.24) is 4.90 Å². The van der Waals surface area contributed by atoms with E-state index in [1.54, 1.807) is 19.1 Å². The SMILES string of the molecule is CCN(CC(=O)c1ccc(OC)c(Br)c1)CC(F)(F)F. The zero-order valence-electron chi connectivity index (χ0n) is 11.1. The van der Waals surface area contributed by atoms with Crippen LogP contribution in [-0.2, 0) is 0 Å². The fourth-order valence-electron chi connectivity index (χ4n) is 1.67. The molecule has 20 heavy (non-hydrogen) atoms. The smallest absolute Gasteiger partial charge is 0.401 e. The van der Waals surface area contributed by atoms with Crippen molar-refractivity contribution in [2.24, 2.45) is 0 Å². The molecule has 3 nitrogen and oxygen atoms in total. The highest BCUT2D eigenvalue weighted by Crippen LogP contribution is 2.26. The minimum Gasteiger partial charge on any atom is -0.496 e. The van der Waals surface area contributed by atoms with Gasteiger partial charge in [0.15, 0.2) is 5.78 Å². The maximum Gasteiger partial charge on any atom is 0.401 e. The summed E-state index contributed by atoms with van der Waals surface area (Å²) in [6, 6.07) is 4.67. The van der Waals surface area contributed by atoms with E-state index in [9.17, 15) is 18.0 Å². The number of carbonyl (C=O) groups excluding carboxylic acids is 1. The number of hydrogen-bond donors (Lipinski definition) is 0. The summed E-state index contributed by atoms with van der Waals surface area (Å²) in [6.45, 7) is 0.382. The average molecular weight is 354 g/mol. The Kier molecular flexibility index (Phi) is 6.01. The van der Waals surface area contributed by atoms with Gasteiger partial charge in [0.05, 0.1) is 24.7 Å². The number of ketones is 1. The molecule has 0 atom stereocenters. The minimum absolute atomic E-state index is 0.155. The van der Waals surface area contributed by atoms with Crippen LogP contribution < -0.4 is 4.74 Å². The summed E-state index contributed by atoms with van der Waals surface area (Å²) < 4.78 is 42.6. The number of benzene rings is 1. The molecule has 7 heteroatoms. The molecule has 0 spiro atoms. The van der Waals surface area contributed by atoms with Crippen LogP contribution >= 0.6 is 15.9 Å². The fourth-order valence-corrected chi connectivity index (χ4v) is 2.21. The predicted molar refractivity (Wildman–Crippen MR) is 73.2 cm³/mol. The summed E-state index contributed by atoms with van der Waals surface area (Å²) in [6.07, 6.45) is -4.31. The molecule has 0 fully saturated rings. The summed E-state index contributed by atoms with van der Waals surface area (Å²) in [4.78, 5) is 13.0. The maximum atomic E-state index is 12.3. The van der Waals surface area contributed by atoms with Crippen molar-refractivity contribution in [2.75, 3.05) is 26.7 Å². The van der Waals surface area contributed by atoms with Gasteiger partial charge in [0.25, 0.3) is 0 Å². The van der Waals surface area contributed by atoms with Gasteiger partial charge < -0.3 is 4.74 Å². The summed E-state index contributed by atoms with van der Waals surface area (Å²) in [5.74, 6) is 0.198. The topological polar surface area (TPSA) is 29.5 Å². The highest BCUT2D eigenvalue weighted by atomic mass is 79.9. The van der Waals surface area contributed by atoms with Crippen LogP contribution in [0, 0.1) is 0 Å². The van der Waals surface area contributed by atoms with E-state index >= 15 is 0 Å². The van der Waals surface area contributed by atoms with E-state index in [1.807, 2.05) is 0 Å². The first-order chi connectivity index (χ1) is 9.26. The minimum atomic E-state index is -4.31. The van der Waals surface area contributed by atoms with E-state index in [0.717, 1.165) is 4.90 Å². The van der Waals surface area contributed by atoms with Gasteiger partial charge in [-0.25, -0.2) is 0 Å². The second-order valence-electron chi connectivity index (χ2n) is 4.19. The molecule has 0 aromatic heterocycles. The van der Waals surface area contributed by atoms with Crippen molar-refractivity contribution in [3.8, 4) is 5.75 Å². The Morgan fingerprint density at radius 2 is 2.05 bits per heavy atom. The molecule has 0 aliphatic rings. The lowest BCUT2D eigenvalue weighted by Gasteiger charge is -2.21. The maximum absolute atomic E-state index is 12.3. The molecule has 0 heterocycles. The van der Waals surface area contributed by atoms with Gasteiger partial charge in [0.2, 0.25) is 0 Å². The van der Waals surface area contributed by atoms with Crippen LogP contribution in [0.1, 0.15) is 17.3 Å². The summed E-state index contributed by atoms with van der Waals surface area (Å²) in [5.41, 5.74) is 0.346. The summed E-state index contributed by atoms with van der Waals surface area (Å²) in [7, 11) is 1.49. The van der Waals surface area contributed by atoms with Crippen molar-refractivity contribution in [1.29, 1.82) is 0 Å². The molecule has 0 bridgehead atoms. The predicted octanol–water partition coefficient (Wildman–Crippen LogP) is 3.52. The highest BCUT2D eigenvalue weighted by Gasteiger charge is 2.30. The fraction of sp³-hybridized carbons (Fsp3) is 0.462. The Hall–Kier alpha value is -1.08. The van der Waals surface area contributed by atoms with Gasteiger partial charge in [-0.05, 0) is 40.7 Å². The number of ether oxygens (including phenoxy) is 1. The zero-order valence-corrected chi connectivity index (χ0v) is 12.7. The molecular formula is C13H15BrF3NO2. The van der Waals surface area contributed by atoms with Crippen molar-refractivity contribution in [2.45, 2.75) is 13.1 Å². The molecular weight excluding hydrogens is 339 g/mol. The lowest BCUT2D eigenvalue weighted by Crippen LogP contribution is -2.37. The number of rotatable bonds is 6. The normalized spacial score (nSPS) is 11.8. The van der Waals surface area contributed by atoms with Crippen LogP contribution in [-0.4, -0.2) is 43.6 Å². The van der Waals surface area contributed by atoms with Gasteiger partial charge in [0.1, 0.15) is 5.75 Å². The van der Waals surface area contributed by atoms with Gasteiger partial charge in [-0.15, -0.1) is 0 Å². The molecule has 0 aliphatic carbocycles. The van der Waals surface area contributed by atoms with Gasteiger partial charge in [-0.2, -0.15) is 13.2 Å². The standard InChI is InChI=1S/C13H15BrF3NO2/c1-3-18(8-13(15,16)17)7-11(19)9-4-5-12(20-2)10(14)6-9/h4-6H,3,7-8H2,1-2H3. The number of nitrogens with zero attached hydrogens (tertiary/aromatic N) is 1. The number of halogens is 4. The van der Waals surface area contributed by atoms with E-state index in [0.29, 0.717) is 15.8 Å². The van der Waals surface area contributed by atoms with Crippen molar-refractivity contribution >= 4 is 21.7 Å². The van der Waals surface area contributed by atoms with E-state index in [2.05, 4.69) is 15.9 Å². The average Bonchev–Trinajstić information content (AvgIpc) is 2.36. The third-order valence-corrected chi connectivity index (χ3v) is 3.31. The largest absolute Gasteiger partial charge is 0.496 e. The molecule has 1 rings (SSSR count). The number of methoxy groups -OCH3 is 1. The third-order valence-electron chi connectivity index (χ3n) is 2.69. The summed E-state index contributed by atoms with van der Waals surface area (Å²) >= 11 is 3.24. The van der Waals surface area contributed by atoms with Gasteiger partial charge in [0, 0.05) is 5.56 Å². The van der Waals surface area contributed by atoms with Gasteiger partial charge in [-0.1, -0.05) is 6.92 Å². The van der Waals surface area contributed by atoms with Gasteiger partial charge >= 0.3 is 6.18 Å². The molecule has 1 aromatic rings. The zero-order chi connectivity index (χ0) is 15.3. The number of likely N-dealkylation sites (N-methyl/N-ethyl adjacent to an activating group) is 1. The molecule has 0 aliphatic heterocycles.